The van der Waals surface area contributed by atoms with Crippen molar-refractivity contribution in [3.8, 4) is 5.75 Å². The van der Waals surface area contributed by atoms with E-state index in [1.54, 1.807) is 7.11 Å². The molecule has 136 valence electrons. The summed E-state index contributed by atoms with van der Waals surface area (Å²) in [5.74, 6) is 1.06. The molecule has 0 saturated carbocycles. The Balaban J connectivity index is 1.59. The molecule has 1 aliphatic heterocycles. The molecular formula is C22H25NO3. The zero-order valence-corrected chi connectivity index (χ0v) is 15.5. The number of ketones is 1. The first kappa shape index (κ1) is 17.1. The number of anilines is 1. The third kappa shape index (κ3) is 3.21. The van der Waals surface area contributed by atoms with Gasteiger partial charge in [0.25, 0.3) is 0 Å². The van der Waals surface area contributed by atoms with Gasteiger partial charge in [0.05, 0.1) is 26.0 Å². The molecule has 1 heterocycles. The number of carbonyl (C=O) groups excluding carboxylic acids is 1. The summed E-state index contributed by atoms with van der Waals surface area (Å²) >= 11 is 0. The molecule has 4 rings (SSSR count). The van der Waals surface area contributed by atoms with E-state index in [0.717, 1.165) is 61.7 Å². The van der Waals surface area contributed by atoms with Gasteiger partial charge in [-0.2, -0.15) is 0 Å². The number of Topliss-reactive ketones (excluding diaryl/α,β-unsaturated/α-hetero) is 1. The molecule has 0 N–H and O–H groups in total. The lowest BCUT2D eigenvalue weighted by Gasteiger charge is -2.30. The third-order valence-corrected chi connectivity index (χ3v) is 5.46. The molecule has 0 amide bonds. The number of carbonyl (C=O) groups is 1. The van der Waals surface area contributed by atoms with Gasteiger partial charge in [0.2, 0.25) is 0 Å². The second-order valence-corrected chi connectivity index (χ2v) is 7.24. The van der Waals surface area contributed by atoms with Crippen molar-refractivity contribution in [1.29, 1.82) is 0 Å². The zero-order valence-electron chi connectivity index (χ0n) is 15.5. The smallest absolute Gasteiger partial charge is 0.167 e. The molecule has 0 radical (unpaired) electrons. The van der Waals surface area contributed by atoms with Crippen LogP contribution in [0.3, 0.4) is 0 Å². The number of hydrogen-bond acceptors (Lipinski definition) is 4. The SMILES string of the molecule is COc1cc2c(cc1N1CCOCC1)CC(Cc1ccc(C)cc1)C2=O. The minimum absolute atomic E-state index is 0.0253. The van der Waals surface area contributed by atoms with Crippen LogP contribution in [0.15, 0.2) is 36.4 Å². The Labute approximate surface area is 154 Å². The van der Waals surface area contributed by atoms with E-state index >= 15 is 0 Å². The van der Waals surface area contributed by atoms with E-state index < -0.39 is 0 Å². The second kappa shape index (κ2) is 7.12. The van der Waals surface area contributed by atoms with Crippen molar-refractivity contribution in [2.24, 2.45) is 5.92 Å². The van der Waals surface area contributed by atoms with Crippen LogP contribution in [0.4, 0.5) is 5.69 Å². The van der Waals surface area contributed by atoms with Crippen molar-refractivity contribution in [2.75, 3.05) is 38.3 Å². The van der Waals surface area contributed by atoms with E-state index in [1.807, 2.05) is 6.07 Å². The van der Waals surface area contributed by atoms with E-state index in [2.05, 4.69) is 42.2 Å². The second-order valence-electron chi connectivity index (χ2n) is 7.24. The fraction of sp³-hybridized carbons (Fsp3) is 0.409. The molecular weight excluding hydrogens is 326 g/mol. The number of nitrogens with zero attached hydrogens (tertiary/aromatic N) is 1. The normalized spacial score (nSPS) is 19.5. The monoisotopic (exact) mass is 351 g/mol. The van der Waals surface area contributed by atoms with E-state index in [9.17, 15) is 4.79 Å². The summed E-state index contributed by atoms with van der Waals surface area (Å²) in [5.41, 5.74) is 5.53. The molecule has 1 atom stereocenters. The van der Waals surface area contributed by atoms with Gasteiger partial charge in [-0.15, -0.1) is 0 Å². The summed E-state index contributed by atoms with van der Waals surface area (Å²) in [5, 5.41) is 0. The Morgan fingerprint density at radius 3 is 2.58 bits per heavy atom. The molecule has 2 aromatic rings. The summed E-state index contributed by atoms with van der Waals surface area (Å²) in [6.07, 6.45) is 1.60. The first-order valence-electron chi connectivity index (χ1n) is 9.29. The van der Waals surface area contributed by atoms with Crippen LogP contribution in [0.2, 0.25) is 0 Å². The lowest BCUT2D eigenvalue weighted by molar-refractivity contribution is 0.0936. The van der Waals surface area contributed by atoms with E-state index in [-0.39, 0.29) is 11.7 Å². The number of fused-ring (bicyclic) bond motifs is 1. The topological polar surface area (TPSA) is 38.8 Å². The molecule has 1 unspecified atom stereocenters. The summed E-state index contributed by atoms with van der Waals surface area (Å²) < 4.78 is 11.1. The highest BCUT2D eigenvalue weighted by atomic mass is 16.5. The van der Waals surface area contributed by atoms with Crippen molar-refractivity contribution in [3.05, 3.63) is 58.7 Å². The van der Waals surface area contributed by atoms with Gasteiger partial charge in [-0.05, 0) is 43.0 Å². The van der Waals surface area contributed by atoms with Crippen LogP contribution in [-0.2, 0) is 17.6 Å². The first-order valence-corrected chi connectivity index (χ1v) is 9.29. The molecule has 1 saturated heterocycles. The van der Waals surface area contributed by atoms with Crippen molar-refractivity contribution in [1.82, 2.24) is 0 Å². The molecule has 0 bridgehead atoms. The van der Waals surface area contributed by atoms with Crippen molar-refractivity contribution in [2.45, 2.75) is 19.8 Å². The van der Waals surface area contributed by atoms with Gasteiger partial charge >= 0.3 is 0 Å². The fourth-order valence-electron chi connectivity index (χ4n) is 3.98. The average Bonchev–Trinajstić information content (AvgIpc) is 2.98. The van der Waals surface area contributed by atoms with Gasteiger partial charge in [0.1, 0.15) is 5.75 Å². The van der Waals surface area contributed by atoms with Crippen molar-refractivity contribution < 1.29 is 14.3 Å². The summed E-state index contributed by atoms with van der Waals surface area (Å²) in [4.78, 5) is 15.2. The molecule has 4 nitrogen and oxygen atoms in total. The van der Waals surface area contributed by atoms with Crippen molar-refractivity contribution >= 4 is 11.5 Å². The first-order chi connectivity index (χ1) is 12.7. The Bertz CT molecular complexity index is 807. The molecule has 2 aromatic carbocycles. The van der Waals surface area contributed by atoms with Gasteiger partial charge in [-0.1, -0.05) is 29.8 Å². The molecule has 0 spiro atoms. The van der Waals surface area contributed by atoms with Crippen LogP contribution >= 0.6 is 0 Å². The van der Waals surface area contributed by atoms with E-state index in [4.69, 9.17) is 9.47 Å². The van der Waals surface area contributed by atoms with E-state index in [1.165, 1.54) is 11.1 Å². The maximum absolute atomic E-state index is 12.9. The molecule has 4 heteroatoms. The van der Waals surface area contributed by atoms with Crippen LogP contribution in [-0.4, -0.2) is 39.2 Å². The molecule has 2 aliphatic rings. The lowest BCUT2D eigenvalue weighted by Crippen LogP contribution is -2.36. The lowest BCUT2D eigenvalue weighted by atomic mass is 9.95. The third-order valence-electron chi connectivity index (χ3n) is 5.46. The van der Waals surface area contributed by atoms with Gasteiger partial charge < -0.3 is 14.4 Å². The van der Waals surface area contributed by atoms with Crippen LogP contribution in [0.5, 0.6) is 5.75 Å². The highest BCUT2D eigenvalue weighted by molar-refractivity contribution is 6.03. The highest BCUT2D eigenvalue weighted by Gasteiger charge is 2.32. The number of aryl methyl sites for hydroxylation is 1. The Morgan fingerprint density at radius 2 is 1.88 bits per heavy atom. The predicted molar refractivity (Wildman–Crippen MR) is 102 cm³/mol. The minimum atomic E-state index is 0.0253. The number of rotatable bonds is 4. The Morgan fingerprint density at radius 1 is 1.15 bits per heavy atom. The van der Waals surface area contributed by atoms with Gasteiger partial charge in [-0.3, -0.25) is 4.79 Å². The summed E-state index contributed by atoms with van der Waals surface area (Å²) in [7, 11) is 1.68. The van der Waals surface area contributed by atoms with Crippen LogP contribution in [0.25, 0.3) is 0 Å². The van der Waals surface area contributed by atoms with Crippen LogP contribution < -0.4 is 9.64 Å². The highest BCUT2D eigenvalue weighted by Crippen LogP contribution is 2.38. The van der Waals surface area contributed by atoms with Crippen molar-refractivity contribution in [3.63, 3.8) is 0 Å². The van der Waals surface area contributed by atoms with Crippen LogP contribution in [0, 0.1) is 12.8 Å². The minimum Gasteiger partial charge on any atom is -0.495 e. The fourth-order valence-corrected chi connectivity index (χ4v) is 3.98. The average molecular weight is 351 g/mol. The van der Waals surface area contributed by atoms with Gasteiger partial charge in [0.15, 0.2) is 5.78 Å². The maximum atomic E-state index is 12.9. The standard InChI is InChI=1S/C22H25NO3/c1-15-3-5-16(6-4-15)11-18-12-17-13-20(23-7-9-26-10-8-23)21(25-2)14-19(17)22(18)24/h3-6,13-14,18H,7-12H2,1-2H3. The molecule has 1 aliphatic carbocycles. The predicted octanol–water partition coefficient (Wildman–Crippen LogP) is 3.44. The molecule has 1 fully saturated rings. The number of benzene rings is 2. The largest absolute Gasteiger partial charge is 0.495 e. The quantitative estimate of drug-likeness (QED) is 0.846. The molecule has 0 aromatic heterocycles. The van der Waals surface area contributed by atoms with E-state index in [0.29, 0.717) is 0 Å². The summed E-state index contributed by atoms with van der Waals surface area (Å²) in [6, 6.07) is 12.6. The Kier molecular flexibility index (Phi) is 4.68. The molecule has 26 heavy (non-hydrogen) atoms. The van der Waals surface area contributed by atoms with Gasteiger partial charge in [0, 0.05) is 24.6 Å². The Hall–Kier alpha value is -2.33. The number of ether oxygens (including phenoxy) is 2. The van der Waals surface area contributed by atoms with Gasteiger partial charge in [-0.25, -0.2) is 0 Å². The zero-order chi connectivity index (χ0) is 18.1. The maximum Gasteiger partial charge on any atom is 0.167 e. The van der Waals surface area contributed by atoms with Crippen LogP contribution in [0.1, 0.15) is 27.0 Å². The number of morpholine rings is 1. The summed E-state index contributed by atoms with van der Waals surface area (Å²) in [6.45, 7) is 5.26. The number of hydrogen-bond donors (Lipinski definition) is 0. The number of methoxy groups -OCH3 is 1.